The molecule has 6 nitrogen and oxygen atoms in total. The first kappa shape index (κ1) is 22.2. The minimum Gasteiger partial charge on any atom is -0.340 e. The summed E-state index contributed by atoms with van der Waals surface area (Å²) in [5.41, 5.74) is 0.921. The van der Waals surface area contributed by atoms with Gasteiger partial charge in [0.25, 0.3) is 5.56 Å². The molecule has 3 rings (SSSR count). The third-order valence-electron chi connectivity index (χ3n) is 5.05. The van der Waals surface area contributed by atoms with E-state index in [1.165, 1.54) is 11.8 Å². The van der Waals surface area contributed by atoms with Crippen molar-refractivity contribution in [3.05, 3.63) is 26.6 Å². The maximum absolute atomic E-state index is 12.7. The van der Waals surface area contributed by atoms with Crippen molar-refractivity contribution in [3.63, 3.8) is 0 Å². The van der Waals surface area contributed by atoms with E-state index >= 15 is 0 Å². The van der Waals surface area contributed by atoms with E-state index in [9.17, 15) is 9.59 Å². The number of rotatable bonds is 5. The van der Waals surface area contributed by atoms with Crippen LogP contribution in [0.3, 0.4) is 0 Å². The molecule has 1 aliphatic rings. The van der Waals surface area contributed by atoms with E-state index in [-0.39, 0.29) is 29.1 Å². The van der Waals surface area contributed by atoms with Crippen molar-refractivity contribution >= 4 is 51.6 Å². The van der Waals surface area contributed by atoms with Crippen LogP contribution in [0.15, 0.2) is 4.79 Å². The van der Waals surface area contributed by atoms with E-state index in [1.807, 2.05) is 32.7 Å². The minimum atomic E-state index is -0.154. The van der Waals surface area contributed by atoms with Gasteiger partial charge in [0.2, 0.25) is 5.91 Å². The molecule has 2 N–H and O–H groups in total. The first-order valence-electron chi connectivity index (χ1n) is 8.97. The number of hydrogen-bond acceptors (Lipinski definition) is 6. The number of thioether (sulfide) groups is 1. The van der Waals surface area contributed by atoms with Gasteiger partial charge in [-0.25, -0.2) is 4.98 Å². The highest BCUT2D eigenvalue weighted by Crippen LogP contribution is 2.27. The highest BCUT2D eigenvalue weighted by Gasteiger charge is 2.26. The highest BCUT2D eigenvalue weighted by atomic mass is 35.5. The Labute approximate surface area is 173 Å². The Morgan fingerprint density at radius 1 is 1.48 bits per heavy atom. The molecule has 150 valence electrons. The molecule has 0 bridgehead atoms. The second kappa shape index (κ2) is 9.41. The molecule has 2 unspecified atom stereocenters. The van der Waals surface area contributed by atoms with Crippen LogP contribution in [-0.2, 0) is 10.5 Å². The van der Waals surface area contributed by atoms with Crippen molar-refractivity contribution in [1.82, 2.24) is 20.2 Å². The molecule has 0 aliphatic carbocycles. The zero-order valence-electron chi connectivity index (χ0n) is 16.1. The number of thiophene rings is 1. The highest BCUT2D eigenvalue weighted by molar-refractivity contribution is 7.99. The smallest absolute Gasteiger partial charge is 0.259 e. The lowest BCUT2D eigenvalue weighted by atomic mass is 10.1. The summed E-state index contributed by atoms with van der Waals surface area (Å²) in [6, 6.07) is 0.385. The number of carbonyl (C=O) groups excluding carboxylic acids is 1. The van der Waals surface area contributed by atoms with Gasteiger partial charge >= 0.3 is 0 Å². The van der Waals surface area contributed by atoms with Crippen LogP contribution < -0.4 is 10.9 Å². The summed E-state index contributed by atoms with van der Waals surface area (Å²) < 4.78 is 0. The van der Waals surface area contributed by atoms with Gasteiger partial charge < -0.3 is 15.2 Å². The van der Waals surface area contributed by atoms with Crippen molar-refractivity contribution in [3.8, 4) is 0 Å². The van der Waals surface area contributed by atoms with Crippen LogP contribution in [-0.4, -0.2) is 52.2 Å². The number of piperidine rings is 1. The largest absolute Gasteiger partial charge is 0.340 e. The number of carbonyl (C=O) groups is 1. The average Bonchev–Trinajstić information content (AvgIpc) is 2.93. The molecule has 0 saturated carbocycles. The van der Waals surface area contributed by atoms with Crippen LogP contribution in [0.25, 0.3) is 10.2 Å². The van der Waals surface area contributed by atoms with Gasteiger partial charge in [0, 0.05) is 24.0 Å². The van der Waals surface area contributed by atoms with E-state index in [1.54, 1.807) is 11.3 Å². The number of likely N-dealkylation sites (N-methyl/N-ethyl adjacent to an activating group) is 1. The summed E-state index contributed by atoms with van der Waals surface area (Å²) in [4.78, 5) is 36.4. The van der Waals surface area contributed by atoms with Crippen molar-refractivity contribution < 1.29 is 4.79 Å². The molecular formula is C18H27ClN4O2S2. The Hall–Kier alpha value is -1.09. The zero-order valence-corrected chi connectivity index (χ0v) is 18.6. The third kappa shape index (κ3) is 4.85. The lowest BCUT2D eigenvalue weighted by Crippen LogP contribution is -2.49. The molecule has 0 radical (unpaired) electrons. The molecule has 1 saturated heterocycles. The molecule has 27 heavy (non-hydrogen) atoms. The van der Waals surface area contributed by atoms with Gasteiger partial charge in [-0.2, -0.15) is 0 Å². The summed E-state index contributed by atoms with van der Waals surface area (Å²) in [6.45, 7) is 7.50. The Morgan fingerprint density at radius 3 is 2.93 bits per heavy atom. The Balaban J connectivity index is 0.00000261. The molecule has 9 heteroatoms. The van der Waals surface area contributed by atoms with Crippen LogP contribution in [0.1, 0.15) is 36.0 Å². The molecular weight excluding hydrogens is 404 g/mol. The second-order valence-electron chi connectivity index (χ2n) is 6.84. The molecule has 2 atom stereocenters. The maximum atomic E-state index is 12.7. The van der Waals surface area contributed by atoms with Crippen LogP contribution in [0, 0.1) is 13.8 Å². The average molecular weight is 431 g/mol. The topological polar surface area (TPSA) is 78.1 Å². The van der Waals surface area contributed by atoms with Gasteiger partial charge in [0.05, 0.1) is 16.4 Å². The summed E-state index contributed by atoms with van der Waals surface area (Å²) in [7, 11) is 1.95. The zero-order chi connectivity index (χ0) is 18.8. The fourth-order valence-electron chi connectivity index (χ4n) is 3.31. The standard InChI is InChI=1S/C18H26N4O2S2.ClH/c1-10-11(2)26-17-15(10)16(23)20-14(21-17)9-25-12(3)18(24)22-7-5-6-13(8-22)19-4;/h12-13,19H,5-9H2,1-4H3,(H,20,21,23);1H. The number of hydrogen-bond donors (Lipinski definition) is 2. The number of fused-ring (bicyclic) bond motifs is 1. The molecule has 1 fully saturated rings. The SMILES string of the molecule is CNC1CCCN(C(=O)C(C)SCc2nc3sc(C)c(C)c3c(=O)[nH]2)C1.Cl. The van der Waals surface area contributed by atoms with Crippen LogP contribution in [0.4, 0.5) is 0 Å². The fourth-order valence-corrected chi connectivity index (χ4v) is 5.20. The molecule has 3 heterocycles. The number of aryl methyl sites for hydroxylation is 2. The van der Waals surface area contributed by atoms with Gasteiger partial charge in [-0.15, -0.1) is 35.5 Å². The summed E-state index contributed by atoms with van der Waals surface area (Å²) in [6.07, 6.45) is 2.16. The van der Waals surface area contributed by atoms with E-state index in [0.29, 0.717) is 23.0 Å². The fraction of sp³-hybridized carbons (Fsp3) is 0.611. The lowest BCUT2D eigenvalue weighted by Gasteiger charge is -2.34. The predicted octanol–water partition coefficient (Wildman–Crippen LogP) is 2.86. The Morgan fingerprint density at radius 2 is 2.22 bits per heavy atom. The number of halogens is 1. The molecule has 0 spiro atoms. The van der Waals surface area contributed by atoms with Gasteiger partial charge in [0.1, 0.15) is 10.7 Å². The Kier molecular flexibility index (Phi) is 7.73. The first-order valence-corrected chi connectivity index (χ1v) is 10.8. The van der Waals surface area contributed by atoms with Gasteiger partial charge in [-0.05, 0) is 46.2 Å². The van der Waals surface area contributed by atoms with Gasteiger partial charge in [0.15, 0.2) is 0 Å². The van der Waals surface area contributed by atoms with Gasteiger partial charge in [-0.3, -0.25) is 9.59 Å². The molecule has 0 aromatic carbocycles. The molecule has 1 amide bonds. The predicted molar refractivity (Wildman–Crippen MR) is 116 cm³/mol. The third-order valence-corrected chi connectivity index (χ3v) is 7.29. The molecule has 2 aromatic heterocycles. The second-order valence-corrected chi connectivity index (χ2v) is 9.37. The monoisotopic (exact) mass is 430 g/mol. The van der Waals surface area contributed by atoms with Crippen molar-refractivity contribution in [2.24, 2.45) is 0 Å². The Bertz CT molecular complexity index is 867. The van der Waals surface area contributed by atoms with E-state index < -0.39 is 0 Å². The van der Waals surface area contributed by atoms with Crippen LogP contribution in [0.2, 0.25) is 0 Å². The van der Waals surface area contributed by atoms with Crippen molar-refractivity contribution in [1.29, 1.82) is 0 Å². The molecule has 2 aromatic rings. The summed E-state index contributed by atoms with van der Waals surface area (Å²) >= 11 is 3.08. The summed E-state index contributed by atoms with van der Waals surface area (Å²) in [5.74, 6) is 1.33. The normalized spacial score (nSPS) is 18.4. The maximum Gasteiger partial charge on any atom is 0.259 e. The number of likely N-dealkylation sites (tertiary alicyclic amines) is 1. The van der Waals surface area contributed by atoms with Crippen molar-refractivity contribution in [2.75, 3.05) is 20.1 Å². The number of H-pyrrole nitrogens is 1. The number of nitrogens with one attached hydrogen (secondary N) is 2. The minimum absolute atomic E-state index is 0. The lowest BCUT2D eigenvalue weighted by molar-refractivity contribution is -0.131. The van der Waals surface area contributed by atoms with E-state index in [4.69, 9.17) is 0 Å². The van der Waals surface area contributed by atoms with E-state index in [2.05, 4.69) is 15.3 Å². The quantitative estimate of drug-likeness (QED) is 0.762. The van der Waals surface area contributed by atoms with Gasteiger partial charge in [-0.1, -0.05) is 0 Å². The number of amides is 1. The number of nitrogens with zero attached hydrogens (tertiary/aromatic N) is 2. The van der Waals surface area contributed by atoms with Crippen molar-refractivity contribution in [2.45, 2.75) is 50.7 Å². The molecule has 1 aliphatic heterocycles. The number of aromatic amines is 1. The van der Waals surface area contributed by atoms with E-state index in [0.717, 1.165) is 41.2 Å². The number of aromatic nitrogens is 2. The van der Waals surface area contributed by atoms with Crippen LogP contribution >= 0.6 is 35.5 Å². The summed E-state index contributed by atoms with van der Waals surface area (Å²) in [5, 5.41) is 3.80. The first-order chi connectivity index (χ1) is 12.4. The van der Waals surface area contributed by atoms with Crippen LogP contribution in [0.5, 0.6) is 0 Å².